The zero-order chi connectivity index (χ0) is 25.2. The lowest BCUT2D eigenvalue weighted by atomic mass is 10.1. The summed E-state index contributed by atoms with van der Waals surface area (Å²) in [5.74, 6) is -2.29. The number of carbonyl (C=O) groups excluding carboxylic acids is 3. The molecule has 3 aromatic rings. The van der Waals surface area contributed by atoms with Crippen molar-refractivity contribution >= 4 is 67.3 Å². The fraction of sp³-hybridized carbons (Fsp3) is 0.0909. The first-order chi connectivity index (χ1) is 16.7. The maximum atomic E-state index is 13.1. The van der Waals surface area contributed by atoms with Crippen LogP contribution in [0.3, 0.4) is 0 Å². The number of anilines is 3. The number of para-hydroxylation sites is 1. The second-order valence-corrected chi connectivity index (χ2v) is 9.92. The summed E-state index contributed by atoms with van der Waals surface area (Å²) < 4.78 is 32.4. The number of halogens is 1. The predicted octanol–water partition coefficient (Wildman–Crippen LogP) is 3.56. The van der Waals surface area contributed by atoms with Gasteiger partial charge in [-0.3, -0.25) is 14.3 Å². The van der Waals surface area contributed by atoms with E-state index in [0.29, 0.717) is 5.69 Å². The van der Waals surface area contributed by atoms with E-state index in [1.165, 1.54) is 42.6 Å². The zero-order valence-corrected chi connectivity index (χ0v) is 20.4. The third kappa shape index (κ3) is 4.90. The standard InChI is InChI=1S/C22H17ClN4O6S2/c1-2-33-21(30)15-5-3-4-6-16(15)27-19(28)17(23)18(20(27)29)25-13-7-9-14(10-8-13)35(31,32)26-22-24-11-12-34-22/h3-12,25H,2H2,1H3,(H,24,26). The minimum absolute atomic E-state index is 0.0304. The second-order valence-electron chi connectivity index (χ2n) is 6.96. The van der Waals surface area contributed by atoms with Crippen molar-refractivity contribution in [1.29, 1.82) is 0 Å². The van der Waals surface area contributed by atoms with Crippen molar-refractivity contribution < 1.29 is 27.5 Å². The number of nitrogens with zero attached hydrogens (tertiary/aromatic N) is 2. The van der Waals surface area contributed by atoms with E-state index in [0.717, 1.165) is 16.2 Å². The lowest BCUT2D eigenvalue weighted by Crippen LogP contribution is -2.33. The number of nitrogens with one attached hydrogen (secondary N) is 2. The highest BCUT2D eigenvalue weighted by molar-refractivity contribution is 7.93. The van der Waals surface area contributed by atoms with E-state index in [4.69, 9.17) is 16.3 Å². The minimum atomic E-state index is -3.86. The summed E-state index contributed by atoms with van der Waals surface area (Å²) in [7, 11) is -3.86. The molecule has 0 aliphatic carbocycles. The predicted molar refractivity (Wildman–Crippen MR) is 131 cm³/mol. The van der Waals surface area contributed by atoms with Crippen LogP contribution in [0.25, 0.3) is 0 Å². The topological polar surface area (TPSA) is 135 Å². The molecule has 0 atom stereocenters. The number of sulfonamides is 1. The number of carbonyl (C=O) groups is 3. The van der Waals surface area contributed by atoms with Crippen LogP contribution in [0.5, 0.6) is 0 Å². The van der Waals surface area contributed by atoms with Gasteiger partial charge in [0.15, 0.2) is 5.13 Å². The Labute approximate surface area is 209 Å². The molecule has 0 unspecified atom stereocenters. The van der Waals surface area contributed by atoms with Gasteiger partial charge in [-0.1, -0.05) is 23.7 Å². The molecule has 10 nitrogen and oxygen atoms in total. The van der Waals surface area contributed by atoms with E-state index in [2.05, 4.69) is 15.0 Å². The number of ether oxygens (including phenoxy) is 1. The molecule has 0 saturated carbocycles. The highest BCUT2D eigenvalue weighted by atomic mass is 35.5. The molecule has 0 saturated heterocycles. The monoisotopic (exact) mass is 532 g/mol. The third-order valence-corrected chi connectivity index (χ3v) is 7.28. The molecule has 1 aliphatic heterocycles. The number of esters is 1. The van der Waals surface area contributed by atoms with Crippen molar-refractivity contribution in [3.8, 4) is 0 Å². The molecule has 2 amide bonds. The molecule has 0 fully saturated rings. The van der Waals surface area contributed by atoms with E-state index in [9.17, 15) is 22.8 Å². The van der Waals surface area contributed by atoms with Crippen LogP contribution in [-0.2, 0) is 24.3 Å². The van der Waals surface area contributed by atoms with Crippen LogP contribution in [0, 0.1) is 0 Å². The lowest BCUT2D eigenvalue weighted by Gasteiger charge is -2.18. The molecule has 4 rings (SSSR count). The number of aromatic nitrogens is 1. The van der Waals surface area contributed by atoms with Crippen LogP contribution < -0.4 is 14.9 Å². The van der Waals surface area contributed by atoms with Gasteiger partial charge >= 0.3 is 5.97 Å². The molecule has 0 spiro atoms. The molecule has 0 radical (unpaired) electrons. The van der Waals surface area contributed by atoms with E-state index >= 15 is 0 Å². The number of amides is 2. The summed E-state index contributed by atoms with van der Waals surface area (Å²) in [6, 6.07) is 11.5. The van der Waals surface area contributed by atoms with Crippen molar-refractivity contribution in [1.82, 2.24) is 4.98 Å². The molecule has 1 aliphatic rings. The van der Waals surface area contributed by atoms with Gasteiger partial charge in [-0.05, 0) is 43.3 Å². The number of benzene rings is 2. The fourth-order valence-electron chi connectivity index (χ4n) is 3.19. The average molecular weight is 533 g/mol. The van der Waals surface area contributed by atoms with Gasteiger partial charge in [-0.25, -0.2) is 23.1 Å². The van der Waals surface area contributed by atoms with Crippen molar-refractivity contribution in [3.63, 3.8) is 0 Å². The number of hydrogen-bond donors (Lipinski definition) is 2. The van der Waals surface area contributed by atoms with Crippen LogP contribution in [0.15, 0.2) is 75.7 Å². The van der Waals surface area contributed by atoms with Crippen molar-refractivity contribution in [3.05, 3.63) is 76.4 Å². The Morgan fingerprint density at radius 3 is 2.49 bits per heavy atom. The summed E-state index contributed by atoms with van der Waals surface area (Å²) in [5.41, 5.74) is 0.162. The maximum Gasteiger partial charge on any atom is 0.340 e. The second kappa shape index (κ2) is 9.86. The van der Waals surface area contributed by atoms with Crippen LogP contribution in [-0.4, -0.2) is 37.8 Å². The molecule has 35 heavy (non-hydrogen) atoms. The van der Waals surface area contributed by atoms with E-state index < -0.39 is 27.8 Å². The Morgan fingerprint density at radius 2 is 1.83 bits per heavy atom. The van der Waals surface area contributed by atoms with Crippen LogP contribution in [0.2, 0.25) is 0 Å². The summed E-state index contributed by atoms with van der Waals surface area (Å²) in [5, 5.41) is 4.24. The van der Waals surface area contributed by atoms with Crippen molar-refractivity contribution in [2.24, 2.45) is 0 Å². The SMILES string of the molecule is CCOC(=O)c1ccccc1N1C(=O)C(Cl)=C(Nc2ccc(S(=O)(=O)Nc3nccs3)cc2)C1=O. The summed E-state index contributed by atoms with van der Waals surface area (Å²) in [6.45, 7) is 1.75. The molecule has 2 aromatic carbocycles. The Morgan fingerprint density at radius 1 is 1.11 bits per heavy atom. The van der Waals surface area contributed by atoms with Gasteiger partial charge in [0.2, 0.25) is 0 Å². The first-order valence-corrected chi connectivity index (χ1v) is 12.8. The third-order valence-electron chi connectivity index (χ3n) is 4.76. The highest BCUT2D eigenvalue weighted by Gasteiger charge is 2.40. The first-order valence-electron chi connectivity index (χ1n) is 10.1. The van der Waals surface area contributed by atoms with Gasteiger partial charge in [0.1, 0.15) is 10.7 Å². The first kappa shape index (κ1) is 24.4. The average Bonchev–Trinajstić information content (AvgIpc) is 3.41. The quantitative estimate of drug-likeness (QED) is 0.332. The van der Waals surface area contributed by atoms with Gasteiger partial charge in [0, 0.05) is 17.3 Å². The van der Waals surface area contributed by atoms with Gasteiger partial charge in [0.25, 0.3) is 21.8 Å². The van der Waals surface area contributed by atoms with Gasteiger partial charge < -0.3 is 10.1 Å². The summed E-state index contributed by atoms with van der Waals surface area (Å²) in [6.07, 6.45) is 1.47. The summed E-state index contributed by atoms with van der Waals surface area (Å²) >= 11 is 7.31. The van der Waals surface area contributed by atoms with Crippen molar-refractivity contribution in [2.45, 2.75) is 11.8 Å². The number of thiazole rings is 1. The fourth-order valence-corrected chi connectivity index (χ4v) is 5.19. The van der Waals surface area contributed by atoms with Gasteiger partial charge in [-0.15, -0.1) is 11.3 Å². The molecule has 0 bridgehead atoms. The molecule has 180 valence electrons. The Hall–Kier alpha value is -3.74. The smallest absolute Gasteiger partial charge is 0.340 e. The number of imide groups is 1. The molecular formula is C22H17ClN4O6S2. The normalized spacial score (nSPS) is 13.8. The maximum absolute atomic E-state index is 13.1. The van der Waals surface area contributed by atoms with E-state index in [1.807, 2.05) is 0 Å². The minimum Gasteiger partial charge on any atom is -0.462 e. The number of rotatable bonds is 8. The summed E-state index contributed by atoms with van der Waals surface area (Å²) in [4.78, 5) is 42.9. The molecule has 13 heteroatoms. The Kier molecular flexibility index (Phi) is 6.87. The molecule has 1 aromatic heterocycles. The molecule has 2 heterocycles. The van der Waals surface area contributed by atoms with Gasteiger partial charge in [0.05, 0.1) is 22.8 Å². The lowest BCUT2D eigenvalue weighted by molar-refractivity contribution is -0.120. The largest absolute Gasteiger partial charge is 0.462 e. The molecule has 2 N–H and O–H groups in total. The highest BCUT2D eigenvalue weighted by Crippen LogP contribution is 2.32. The number of hydrogen-bond acceptors (Lipinski definition) is 9. The van der Waals surface area contributed by atoms with Crippen molar-refractivity contribution in [2.75, 3.05) is 21.5 Å². The molecular weight excluding hydrogens is 516 g/mol. The Bertz CT molecular complexity index is 1440. The zero-order valence-electron chi connectivity index (χ0n) is 18.0. The van der Waals surface area contributed by atoms with E-state index in [1.54, 1.807) is 24.4 Å². The van der Waals surface area contributed by atoms with Crippen LogP contribution in [0.1, 0.15) is 17.3 Å². The van der Waals surface area contributed by atoms with Crippen LogP contribution in [0.4, 0.5) is 16.5 Å². The van der Waals surface area contributed by atoms with Crippen LogP contribution >= 0.6 is 22.9 Å². The Balaban J connectivity index is 1.56. The van der Waals surface area contributed by atoms with Gasteiger partial charge in [-0.2, -0.15) is 0 Å². The van der Waals surface area contributed by atoms with E-state index in [-0.39, 0.29) is 38.6 Å².